The summed E-state index contributed by atoms with van der Waals surface area (Å²) in [6.45, 7) is 4.21. The summed E-state index contributed by atoms with van der Waals surface area (Å²) in [4.78, 5) is 24.6. The molecule has 0 fully saturated rings. The topological polar surface area (TPSA) is 72.8 Å². The number of rotatable bonds is 65. The highest BCUT2D eigenvalue weighted by atomic mass is 16.6. The van der Waals surface area contributed by atoms with Crippen LogP contribution in [-0.2, 0) is 19.1 Å². The van der Waals surface area contributed by atoms with Gasteiger partial charge in [-0.1, -0.05) is 360 Å². The van der Waals surface area contributed by atoms with Gasteiger partial charge in [-0.2, -0.15) is 0 Å². The molecule has 0 saturated heterocycles. The quantitative estimate of drug-likeness (QED) is 0.0373. The van der Waals surface area contributed by atoms with E-state index in [1.807, 2.05) is 0 Å². The third kappa shape index (κ3) is 63.2. The van der Waals surface area contributed by atoms with Crippen LogP contribution in [-0.4, -0.2) is 36.4 Å². The summed E-state index contributed by atoms with van der Waals surface area (Å²) in [5.41, 5.74) is 0. The predicted molar refractivity (Wildman–Crippen MR) is 325 cm³/mol. The number of hydrogen-bond donors (Lipinski definition) is 1. The Bertz CT molecular complexity index is 1090. The second-order valence-corrected chi connectivity index (χ2v) is 23.6. The molecule has 5 heteroatoms. The summed E-state index contributed by atoms with van der Waals surface area (Å²) in [5, 5.41) is 9.68. The molecule has 0 spiro atoms. The summed E-state index contributed by atoms with van der Waals surface area (Å²) in [6, 6.07) is 0. The van der Waals surface area contributed by atoms with Crippen LogP contribution in [0.4, 0.5) is 0 Å². The lowest BCUT2D eigenvalue weighted by Gasteiger charge is -2.15. The van der Waals surface area contributed by atoms with E-state index in [9.17, 15) is 14.7 Å². The van der Waals surface area contributed by atoms with Crippen molar-refractivity contribution in [3.63, 3.8) is 0 Å². The highest BCUT2D eigenvalue weighted by Crippen LogP contribution is 2.19. The number of ether oxygens (including phenoxy) is 2. The van der Waals surface area contributed by atoms with Gasteiger partial charge in [0, 0.05) is 12.8 Å². The Morgan fingerprint density at radius 2 is 0.500 bits per heavy atom. The number of unbranched alkanes of at least 4 members (excludes halogenated alkanes) is 55. The summed E-state index contributed by atoms with van der Waals surface area (Å²) in [6.07, 6.45) is 84.0. The molecule has 0 saturated carbocycles. The molecule has 0 bridgehead atoms. The number of carbonyl (C=O) groups excluding carboxylic acids is 2. The second kappa shape index (κ2) is 65.9. The van der Waals surface area contributed by atoms with Gasteiger partial charge in [-0.25, -0.2) is 0 Å². The summed E-state index contributed by atoms with van der Waals surface area (Å²) in [5.74, 6) is -0.562. The zero-order valence-corrected chi connectivity index (χ0v) is 50.7. The molecule has 74 heavy (non-hydrogen) atoms. The number of hydrogen-bond acceptors (Lipinski definition) is 5. The van der Waals surface area contributed by atoms with Gasteiger partial charge in [0.1, 0.15) is 6.61 Å². The summed E-state index contributed by atoms with van der Waals surface area (Å²) < 4.78 is 10.8. The number of aliphatic hydroxyl groups is 1. The Morgan fingerprint density at radius 1 is 0.297 bits per heavy atom. The molecule has 0 aromatic rings. The molecule has 0 aliphatic carbocycles. The van der Waals surface area contributed by atoms with Crippen LogP contribution >= 0.6 is 0 Å². The van der Waals surface area contributed by atoms with Crippen molar-refractivity contribution in [1.82, 2.24) is 0 Å². The van der Waals surface area contributed by atoms with E-state index in [4.69, 9.17) is 9.47 Å². The van der Waals surface area contributed by atoms with Crippen LogP contribution < -0.4 is 0 Å². The molecule has 0 aromatic heterocycles. The van der Waals surface area contributed by atoms with Crippen LogP contribution in [0.2, 0.25) is 0 Å². The molecule has 0 rings (SSSR count). The monoisotopic (exact) mass is 1040 g/mol. The first-order valence-corrected chi connectivity index (χ1v) is 34.2. The molecule has 0 aromatic carbocycles. The van der Waals surface area contributed by atoms with Crippen LogP contribution in [0.1, 0.15) is 399 Å². The van der Waals surface area contributed by atoms with E-state index in [2.05, 4.69) is 26.0 Å². The maximum Gasteiger partial charge on any atom is 0.306 e. The van der Waals surface area contributed by atoms with E-state index in [1.165, 1.54) is 340 Å². The Balaban J connectivity index is 3.34. The number of allylic oxidation sites excluding steroid dienone is 2. The normalized spacial score (nSPS) is 12.1. The zero-order chi connectivity index (χ0) is 53.4. The van der Waals surface area contributed by atoms with Crippen LogP contribution in [0.3, 0.4) is 0 Å². The lowest BCUT2D eigenvalue weighted by Crippen LogP contribution is -2.28. The van der Waals surface area contributed by atoms with Gasteiger partial charge in [0.2, 0.25) is 0 Å². The molecule has 5 nitrogen and oxygen atoms in total. The number of carbonyl (C=O) groups is 2. The standard InChI is InChI=1S/C69H134O5/c1-3-5-7-9-11-13-15-17-19-21-23-25-26-27-28-29-30-31-32-33-34-35-36-37-38-39-40-41-42-44-46-48-50-52-54-56-58-60-62-64-69(72)74-67(65-70)66-73-68(71)63-61-59-57-55-53-51-49-47-45-43-24-22-20-18-16-14-12-10-8-6-4-2/h21,23,67,70H,3-20,22,24-66H2,1-2H3/b23-21-. The van der Waals surface area contributed by atoms with E-state index in [0.29, 0.717) is 12.8 Å². The van der Waals surface area contributed by atoms with Gasteiger partial charge < -0.3 is 14.6 Å². The van der Waals surface area contributed by atoms with Crippen LogP contribution in [0.5, 0.6) is 0 Å². The first-order valence-electron chi connectivity index (χ1n) is 34.2. The molecule has 440 valence electrons. The van der Waals surface area contributed by atoms with Gasteiger partial charge in [-0.05, 0) is 38.5 Å². The number of aliphatic hydroxyl groups excluding tert-OH is 1. The van der Waals surface area contributed by atoms with Crippen LogP contribution in [0.15, 0.2) is 12.2 Å². The minimum atomic E-state index is -0.766. The van der Waals surface area contributed by atoms with Gasteiger partial charge in [-0.15, -0.1) is 0 Å². The van der Waals surface area contributed by atoms with Crippen molar-refractivity contribution in [2.45, 2.75) is 405 Å². The highest BCUT2D eigenvalue weighted by Gasteiger charge is 2.16. The Kier molecular flexibility index (Phi) is 64.7. The van der Waals surface area contributed by atoms with Crippen molar-refractivity contribution in [1.29, 1.82) is 0 Å². The molecule has 1 N–H and O–H groups in total. The molecular weight excluding hydrogens is 909 g/mol. The smallest absolute Gasteiger partial charge is 0.306 e. The van der Waals surface area contributed by atoms with E-state index in [1.54, 1.807) is 0 Å². The minimum absolute atomic E-state index is 0.0563. The molecule has 0 heterocycles. The lowest BCUT2D eigenvalue weighted by molar-refractivity contribution is -0.161. The Morgan fingerprint density at radius 3 is 0.730 bits per heavy atom. The van der Waals surface area contributed by atoms with Gasteiger partial charge in [0.05, 0.1) is 6.61 Å². The summed E-state index contributed by atoms with van der Waals surface area (Å²) in [7, 11) is 0. The van der Waals surface area contributed by atoms with Crippen molar-refractivity contribution in [3.05, 3.63) is 12.2 Å². The number of esters is 2. The SMILES string of the molecule is CCCCCCCCCC/C=C\CCCCCCCCCCCCCCCCCCCCCCCCCCCCCC(=O)OC(CO)COC(=O)CCCCCCCCCCCCCCCCCCCCCCC. The van der Waals surface area contributed by atoms with Gasteiger partial charge >= 0.3 is 11.9 Å². The van der Waals surface area contributed by atoms with Crippen molar-refractivity contribution >= 4 is 11.9 Å². The van der Waals surface area contributed by atoms with Gasteiger partial charge in [0.15, 0.2) is 6.10 Å². The van der Waals surface area contributed by atoms with Gasteiger partial charge in [0.25, 0.3) is 0 Å². The Hall–Kier alpha value is -1.36. The maximum absolute atomic E-state index is 12.3. The average Bonchev–Trinajstić information content (AvgIpc) is 3.40. The van der Waals surface area contributed by atoms with Crippen molar-refractivity contribution in [2.24, 2.45) is 0 Å². The first kappa shape index (κ1) is 72.6. The highest BCUT2D eigenvalue weighted by molar-refractivity contribution is 5.70. The minimum Gasteiger partial charge on any atom is -0.462 e. The lowest BCUT2D eigenvalue weighted by atomic mass is 10.0. The molecular formula is C69H134O5. The van der Waals surface area contributed by atoms with E-state index in [-0.39, 0.29) is 25.2 Å². The summed E-state index contributed by atoms with van der Waals surface area (Å²) >= 11 is 0. The van der Waals surface area contributed by atoms with Crippen molar-refractivity contribution in [2.75, 3.05) is 13.2 Å². The molecule has 0 aliphatic rings. The van der Waals surface area contributed by atoms with Crippen LogP contribution in [0.25, 0.3) is 0 Å². The third-order valence-electron chi connectivity index (χ3n) is 16.1. The zero-order valence-electron chi connectivity index (χ0n) is 50.7. The Labute approximate surface area is 464 Å². The fourth-order valence-corrected chi connectivity index (χ4v) is 10.9. The fourth-order valence-electron chi connectivity index (χ4n) is 10.9. The second-order valence-electron chi connectivity index (χ2n) is 23.6. The molecule has 1 atom stereocenters. The van der Waals surface area contributed by atoms with Crippen molar-refractivity contribution in [3.8, 4) is 0 Å². The fraction of sp³-hybridized carbons (Fsp3) is 0.942. The van der Waals surface area contributed by atoms with Gasteiger partial charge in [-0.3, -0.25) is 9.59 Å². The molecule has 0 radical (unpaired) electrons. The van der Waals surface area contributed by atoms with E-state index >= 15 is 0 Å². The molecule has 0 aliphatic heterocycles. The predicted octanol–water partition coefficient (Wildman–Crippen LogP) is 23.4. The van der Waals surface area contributed by atoms with Crippen molar-refractivity contribution < 1.29 is 24.2 Å². The third-order valence-corrected chi connectivity index (χ3v) is 16.1. The van der Waals surface area contributed by atoms with E-state index < -0.39 is 6.10 Å². The van der Waals surface area contributed by atoms with Crippen LogP contribution in [0, 0.1) is 0 Å². The largest absolute Gasteiger partial charge is 0.462 e. The average molecular weight is 1040 g/mol. The first-order chi connectivity index (χ1) is 36.6. The van der Waals surface area contributed by atoms with E-state index in [0.717, 1.165) is 32.1 Å². The maximum atomic E-state index is 12.3. The molecule has 1 unspecified atom stereocenters. The molecule has 0 amide bonds.